The van der Waals surface area contributed by atoms with Gasteiger partial charge in [-0.3, -0.25) is 0 Å². The molecule has 19 heavy (non-hydrogen) atoms. The van der Waals surface area contributed by atoms with Gasteiger partial charge >= 0.3 is 6.03 Å². The van der Waals surface area contributed by atoms with Crippen LogP contribution in [-0.2, 0) is 6.54 Å². The Morgan fingerprint density at radius 3 is 2.63 bits per heavy atom. The van der Waals surface area contributed by atoms with Crippen LogP contribution in [0.25, 0.3) is 0 Å². The summed E-state index contributed by atoms with van der Waals surface area (Å²) in [6.07, 6.45) is 1.55. The highest BCUT2D eigenvalue weighted by Gasteiger charge is 2.04. The number of nitrogens with one attached hydrogen (secondary N) is 2. The lowest BCUT2D eigenvalue weighted by Gasteiger charge is -2.07. The fourth-order valence-electron chi connectivity index (χ4n) is 1.33. The molecule has 0 aliphatic carbocycles. The van der Waals surface area contributed by atoms with Crippen LogP contribution >= 0.6 is 23.2 Å². The number of rotatable bonds is 3. The lowest BCUT2D eigenvalue weighted by atomic mass is 10.3. The maximum atomic E-state index is 11.6. The maximum absolute atomic E-state index is 11.6. The lowest BCUT2D eigenvalue weighted by molar-refractivity contribution is 0.251. The fraction of sp³-hybridized carbons (Fsp3) is 0.0833. The van der Waals surface area contributed by atoms with Crippen molar-refractivity contribution < 1.29 is 14.7 Å². The van der Waals surface area contributed by atoms with E-state index in [-0.39, 0.29) is 11.5 Å². The maximum Gasteiger partial charge on any atom is 0.319 e. The van der Waals surface area contributed by atoms with Gasteiger partial charge in [0.25, 0.3) is 0 Å². The van der Waals surface area contributed by atoms with Crippen LogP contribution in [0.4, 0.5) is 10.5 Å². The van der Waals surface area contributed by atoms with E-state index >= 15 is 0 Å². The quantitative estimate of drug-likeness (QED) is 0.913. The molecule has 0 saturated heterocycles. The molecule has 0 aliphatic rings. The third kappa shape index (κ3) is 4.48. The van der Waals surface area contributed by atoms with Crippen molar-refractivity contribution in [1.29, 1.82) is 0 Å². The predicted octanol–water partition coefficient (Wildman–Crippen LogP) is 3.08. The number of halogens is 2. The largest absolute Gasteiger partial charge is 0.467 e. The molecule has 5 nitrogen and oxygen atoms in total. The first kappa shape index (κ1) is 15.4. The number of hydrogen-bond donors (Lipinski definition) is 2. The van der Waals surface area contributed by atoms with Crippen LogP contribution < -0.4 is 10.6 Å². The van der Waals surface area contributed by atoms with Gasteiger partial charge in [0.15, 0.2) is 0 Å². The molecule has 1 aromatic heterocycles. The molecule has 1 aromatic carbocycles. The summed E-state index contributed by atoms with van der Waals surface area (Å²) in [4.78, 5) is 11.6. The summed E-state index contributed by atoms with van der Waals surface area (Å²) in [5.74, 6) is 0.680. The number of anilines is 1. The molecule has 0 atom stereocenters. The number of carbonyl (C=O) groups is 1. The second kappa shape index (κ2) is 7.04. The van der Waals surface area contributed by atoms with Gasteiger partial charge in [-0.2, -0.15) is 0 Å². The molecule has 2 rings (SSSR count). The summed E-state index contributed by atoms with van der Waals surface area (Å²) >= 11 is 11.6. The van der Waals surface area contributed by atoms with E-state index in [0.29, 0.717) is 28.0 Å². The van der Waals surface area contributed by atoms with Crippen LogP contribution in [0.15, 0.2) is 41.0 Å². The standard InChI is InChI=1S/C12H10Cl2N2O2.H2O/c13-10-4-3-8(6-11(10)14)16-12(17)15-7-9-2-1-5-18-9;/h1-6H,7H2,(H2,15,16,17);1H2. The van der Waals surface area contributed by atoms with Gasteiger partial charge in [-0.25, -0.2) is 4.79 Å². The van der Waals surface area contributed by atoms with E-state index in [2.05, 4.69) is 10.6 Å². The molecule has 2 aromatic rings. The summed E-state index contributed by atoms with van der Waals surface area (Å²) in [6.45, 7) is 0.320. The van der Waals surface area contributed by atoms with Gasteiger partial charge in [-0.1, -0.05) is 23.2 Å². The van der Waals surface area contributed by atoms with Crippen molar-refractivity contribution in [3.8, 4) is 0 Å². The third-order valence-electron chi connectivity index (χ3n) is 2.18. The summed E-state index contributed by atoms with van der Waals surface area (Å²) in [6, 6.07) is 8.06. The van der Waals surface area contributed by atoms with Crippen molar-refractivity contribution in [3.63, 3.8) is 0 Å². The minimum Gasteiger partial charge on any atom is -0.467 e. The van der Waals surface area contributed by atoms with Gasteiger partial charge in [0.05, 0.1) is 22.9 Å². The molecule has 0 fully saturated rings. The van der Waals surface area contributed by atoms with Crippen molar-refractivity contribution in [2.75, 3.05) is 5.32 Å². The van der Waals surface area contributed by atoms with Gasteiger partial charge in [0.1, 0.15) is 5.76 Å². The molecule has 4 N–H and O–H groups in total. The number of furan rings is 1. The monoisotopic (exact) mass is 302 g/mol. The molecule has 0 unspecified atom stereocenters. The van der Waals surface area contributed by atoms with Crippen molar-refractivity contribution in [2.24, 2.45) is 0 Å². The molecule has 1 heterocycles. The van der Waals surface area contributed by atoms with Gasteiger partial charge in [0, 0.05) is 5.69 Å². The van der Waals surface area contributed by atoms with E-state index in [1.165, 1.54) is 0 Å². The zero-order chi connectivity index (χ0) is 13.0. The highest BCUT2D eigenvalue weighted by molar-refractivity contribution is 6.42. The van der Waals surface area contributed by atoms with Gasteiger partial charge in [0.2, 0.25) is 0 Å². The van der Waals surface area contributed by atoms with E-state index in [1.807, 2.05) is 0 Å². The number of benzene rings is 1. The zero-order valence-corrected chi connectivity index (χ0v) is 11.3. The Morgan fingerprint density at radius 1 is 1.21 bits per heavy atom. The van der Waals surface area contributed by atoms with Gasteiger partial charge in [-0.05, 0) is 30.3 Å². The minimum atomic E-state index is -0.343. The van der Waals surface area contributed by atoms with E-state index in [0.717, 1.165) is 0 Å². The van der Waals surface area contributed by atoms with E-state index in [9.17, 15) is 4.79 Å². The average Bonchev–Trinajstić information content (AvgIpc) is 2.84. The summed E-state index contributed by atoms with van der Waals surface area (Å²) in [5, 5.41) is 6.12. The Bertz CT molecular complexity index is 544. The fourth-order valence-corrected chi connectivity index (χ4v) is 1.63. The van der Waals surface area contributed by atoms with Crippen molar-refractivity contribution in [3.05, 3.63) is 52.4 Å². The number of carbonyl (C=O) groups excluding carboxylic acids is 1. The Morgan fingerprint density at radius 2 is 2.00 bits per heavy atom. The van der Waals surface area contributed by atoms with Crippen LogP contribution in [0.1, 0.15) is 5.76 Å². The molecule has 7 heteroatoms. The minimum absolute atomic E-state index is 0. The van der Waals surface area contributed by atoms with Crippen LogP contribution in [-0.4, -0.2) is 11.5 Å². The molecule has 102 valence electrons. The molecule has 0 spiro atoms. The molecule has 2 amide bonds. The molecule has 0 bridgehead atoms. The summed E-state index contributed by atoms with van der Waals surface area (Å²) in [7, 11) is 0. The van der Waals surface area contributed by atoms with Crippen molar-refractivity contribution in [2.45, 2.75) is 6.54 Å². The predicted molar refractivity (Wildman–Crippen MR) is 74.6 cm³/mol. The molecular weight excluding hydrogens is 291 g/mol. The smallest absolute Gasteiger partial charge is 0.319 e. The van der Waals surface area contributed by atoms with Crippen LogP contribution in [0, 0.1) is 0 Å². The third-order valence-corrected chi connectivity index (χ3v) is 2.92. The second-order valence-electron chi connectivity index (χ2n) is 3.52. The highest BCUT2D eigenvalue weighted by Crippen LogP contribution is 2.24. The Hall–Kier alpha value is -1.69. The molecular formula is C12H12Cl2N2O3. The Balaban J connectivity index is 0.00000180. The Kier molecular flexibility index (Phi) is 5.69. The summed E-state index contributed by atoms with van der Waals surface area (Å²) in [5.41, 5.74) is 0.571. The average molecular weight is 303 g/mol. The number of urea groups is 1. The summed E-state index contributed by atoms with van der Waals surface area (Å²) < 4.78 is 5.09. The van der Waals surface area contributed by atoms with Crippen LogP contribution in [0.5, 0.6) is 0 Å². The molecule has 0 saturated carbocycles. The van der Waals surface area contributed by atoms with E-state index in [1.54, 1.807) is 36.6 Å². The van der Waals surface area contributed by atoms with Crippen molar-refractivity contribution in [1.82, 2.24) is 5.32 Å². The molecule has 0 aliphatic heterocycles. The molecule has 0 radical (unpaired) electrons. The van der Waals surface area contributed by atoms with E-state index in [4.69, 9.17) is 27.6 Å². The van der Waals surface area contributed by atoms with E-state index < -0.39 is 0 Å². The SMILES string of the molecule is O.O=C(NCc1ccco1)Nc1ccc(Cl)c(Cl)c1. The Labute approximate surface area is 119 Å². The highest BCUT2D eigenvalue weighted by atomic mass is 35.5. The topological polar surface area (TPSA) is 85.8 Å². The van der Waals surface area contributed by atoms with Crippen LogP contribution in [0.3, 0.4) is 0 Å². The number of hydrogen-bond acceptors (Lipinski definition) is 2. The van der Waals surface area contributed by atoms with Gasteiger partial charge < -0.3 is 20.5 Å². The first-order valence-electron chi connectivity index (χ1n) is 5.17. The first-order chi connectivity index (χ1) is 8.65. The normalized spacial score (nSPS) is 9.58. The first-order valence-corrected chi connectivity index (χ1v) is 5.93. The van der Waals surface area contributed by atoms with Crippen LogP contribution in [0.2, 0.25) is 10.0 Å². The van der Waals surface area contributed by atoms with Gasteiger partial charge in [-0.15, -0.1) is 0 Å². The van der Waals surface area contributed by atoms with Crippen molar-refractivity contribution >= 4 is 34.9 Å². The lowest BCUT2D eigenvalue weighted by Crippen LogP contribution is -2.27. The second-order valence-corrected chi connectivity index (χ2v) is 4.33. The number of amides is 2. The zero-order valence-electron chi connectivity index (χ0n) is 9.74.